The van der Waals surface area contributed by atoms with Gasteiger partial charge in [-0.25, -0.2) is 0 Å². The summed E-state index contributed by atoms with van der Waals surface area (Å²) in [5, 5.41) is 5.99. The number of anilines is 4. The Morgan fingerprint density at radius 3 is 1.27 bits per heavy atom. The number of carbonyl (C=O) groups is 2. The van der Waals surface area contributed by atoms with Crippen LogP contribution in [0.5, 0.6) is 0 Å². The number of fused-ring (bicyclic) bond motifs is 3. The monoisotopic (exact) mass is 586 g/mol. The molecular formula is C39H30N4O2. The van der Waals surface area contributed by atoms with Crippen LogP contribution >= 0.6 is 0 Å². The number of nitrogen functional groups attached to an aromatic ring is 2. The number of amides is 2. The van der Waals surface area contributed by atoms with Crippen LogP contribution in [0.15, 0.2) is 146 Å². The molecule has 0 aromatic heterocycles. The molecule has 7 rings (SSSR count). The summed E-state index contributed by atoms with van der Waals surface area (Å²) in [4.78, 5) is 25.9. The third kappa shape index (κ3) is 4.88. The van der Waals surface area contributed by atoms with Gasteiger partial charge >= 0.3 is 0 Å². The molecule has 1 aliphatic carbocycles. The summed E-state index contributed by atoms with van der Waals surface area (Å²) in [6.07, 6.45) is 0. The number of hydrogen-bond acceptors (Lipinski definition) is 4. The van der Waals surface area contributed by atoms with Crippen molar-refractivity contribution >= 4 is 34.6 Å². The van der Waals surface area contributed by atoms with Gasteiger partial charge in [-0.2, -0.15) is 0 Å². The lowest BCUT2D eigenvalue weighted by Crippen LogP contribution is -2.28. The van der Waals surface area contributed by atoms with E-state index in [0.717, 1.165) is 11.1 Å². The molecule has 45 heavy (non-hydrogen) atoms. The molecule has 6 heteroatoms. The molecule has 0 radical (unpaired) electrons. The van der Waals surface area contributed by atoms with Crippen molar-refractivity contribution in [2.45, 2.75) is 5.41 Å². The highest BCUT2D eigenvalue weighted by Gasteiger charge is 2.45. The molecule has 0 unspecified atom stereocenters. The van der Waals surface area contributed by atoms with Crippen molar-refractivity contribution < 1.29 is 9.59 Å². The fraction of sp³-hybridized carbons (Fsp3) is 0.0256. The van der Waals surface area contributed by atoms with E-state index in [1.807, 2.05) is 24.3 Å². The van der Waals surface area contributed by atoms with Gasteiger partial charge in [-0.1, -0.05) is 84.9 Å². The van der Waals surface area contributed by atoms with Crippen LogP contribution in [-0.4, -0.2) is 11.8 Å². The van der Waals surface area contributed by atoms with Gasteiger partial charge in [0, 0.05) is 33.9 Å². The molecular weight excluding hydrogens is 556 g/mol. The molecule has 6 nitrogen and oxygen atoms in total. The predicted molar refractivity (Wildman–Crippen MR) is 181 cm³/mol. The maximum absolute atomic E-state index is 12.9. The van der Waals surface area contributed by atoms with E-state index in [0.29, 0.717) is 33.9 Å². The Kier molecular flexibility index (Phi) is 6.87. The molecule has 0 spiro atoms. The molecule has 1 aliphatic rings. The highest BCUT2D eigenvalue weighted by molar-refractivity contribution is 6.05. The van der Waals surface area contributed by atoms with Gasteiger partial charge in [-0.15, -0.1) is 0 Å². The minimum Gasteiger partial charge on any atom is -0.399 e. The van der Waals surface area contributed by atoms with Gasteiger partial charge in [-0.05, 0) is 94.0 Å². The first-order valence-electron chi connectivity index (χ1n) is 14.7. The molecule has 6 aromatic rings. The SMILES string of the molecule is Nc1cccc(C(=O)Nc2ccc(C3(c4ccc(NC(=O)c5cccc(N)c5)cc4)c4ccccc4-c4ccccc43)cc2)c1. The third-order valence-electron chi connectivity index (χ3n) is 8.40. The quantitative estimate of drug-likeness (QED) is 0.150. The molecule has 6 aromatic carbocycles. The van der Waals surface area contributed by atoms with Gasteiger partial charge in [0.1, 0.15) is 0 Å². The third-order valence-corrected chi connectivity index (χ3v) is 8.40. The Morgan fingerprint density at radius 1 is 0.467 bits per heavy atom. The first-order chi connectivity index (χ1) is 21.9. The zero-order valence-corrected chi connectivity index (χ0v) is 24.3. The van der Waals surface area contributed by atoms with Crippen molar-refractivity contribution in [3.05, 3.63) is 179 Å². The molecule has 0 heterocycles. The normalized spacial score (nSPS) is 12.5. The molecule has 0 saturated carbocycles. The molecule has 6 N–H and O–H groups in total. The molecule has 0 saturated heterocycles. The van der Waals surface area contributed by atoms with Gasteiger partial charge in [0.2, 0.25) is 0 Å². The molecule has 218 valence electrons. The number of hydrogen-bond donors (Lipinski definition) is 4. The fourth-order valence-corrected chi connectivity index (χ4v) is 6.40. The Bertz CT molecular complexity index is 1920. The van der Waals surface area contributed by atoms with Gasteiger partial charge in [0.05, 0.1) is 5.41 Å². The van der Waals surface area contributed by atoms with Gasteiger partial charge in [-0.3, -0.25) is 9.59 Å². The molecule has 0 aliphatic heterocycles. The van der Waals surface area contributed by atoms with Crippen LogP contribution in [-0.2, 0) is 5.41 Å². The summed E-state index contributed by atoms with van der Waals surface area (Å²) in [5.41, 5.74) is 21.4. The lowest BCUT2D eigenvalue weighted by atomic mass is 9.67. The van der Waals surface area contributed by atoms with E-state index in [2.05, 4.69) is 83.4 Å². The largest absolute Gasteiger partial charge is 0.399 e. The maximum atomic E-state index is 12.9. The summed E-state index contributed by atoms with van der Waals surface area (Å²) in [5.74, 6) is -0.450. The van der Waals surface area contributed by atoms with Crippen molar-refractivity contribution in [1.29, 1.82) is 0 Å². The van der Waals surface area contributed by atoms with Crippen molar-refractivity contribution in [3.8, 4) is 11.1 Å². The highest BCUT2D eigenvalue weighted by Crippen LogP contribution is 2.56. The number of rotatable bonds is 6. The second-order valence-corrected chi connectivity index (χ2v) is 11.2. The summed E-state index contributed by atoms with van der Waals surface area (Å²) in [6.45, 7) is 0. The Hall–Kier alpha value is -6.14. The number of nitrogens with one attached hydrogen (secondary N) is 2. The topological polar surface area (TPSA) is 110 Å². The average Bonchev–Trinajstić information content (AvgIpc) is 3.37. The number of nitrogens with two attached hydrogens (primary N) is 2. The van der Waals surface area contributed by atoms with E-state index in [1.54, 1.807) is 48.5 Å². The minimum absolute atomic E-state index is 0.225. The van der Waals surface area contributed by atoms with Crippen LogP contribution in [0.25, 0.3) is 11.1 Å². The van der Waals surface area contributed by atoms with E-state index in [9.17, 15) is 9.59 Å². The second-order valence-electron chi connectivity index (χ2n) is 11.2. The molecule has 0 bridgehead atoms. The summed E-state index contributed by atoms with van der Waals surface area (Å²) < 4.78 is 0. The zero-order chi connectivity index (χ0) is 31.0. The first kappa shape index (κ1) is 27.7. The molecule has 0 atom stereocenters. The van der Waals surface area contributed by atoms with E-state index in [-0.39, 0.29) is 11.8 Å². The Labute approximate surface area is 261 Å². The number of benzene rings is 6. The lowest BCUT2D eigenvalue weighted by molar-refractivity contribution is 0.101. The Balaban J connectivity index is 1.29. The van der Waals surface area contributed by atoms with Gasteiger partial charge in [0.25, 0.3) is 11.8 Å². The standard InChI is InChI=1S/C39H30N4O2/c40-29-9-5-7-25(23-29)37(44)42-31-19-15-27(16-20-31)39(35-13-3-1-11-33(35)34-12-2-4-14-36(34)39)28-17-21-32(22-18-28)43-38(45)26-8-6-10-30(41)24-26/h1-24H,40-41H2,(H,42,44)(H,43,45). The summed E-state index contributed by atoms with van der Waals surface area (Å²) >= 11 is 0. The summed E-state index contributed by atoms with van der Waals surface area (Å²) in [6, 6.07) is 46.8. The number of carbonyl (C=O) groups excluding carboxylic acids is 2. The van der Waals surface area contributed by atoms with Crippen molar-refractivity contribution in [1.82, 2.24) is 0 Å². The van der Waals surface area contributed by atoms with Gasteiger partial charge < -0.3 is 22.1 Å². The highest BCUT2D eigenvalue weighted by atomic mass is 16.2. The van der Waals surface area contributed by atoms with Gasteiger partial charge in [0.15, 0.2) is 0 Å². The van der Waals surface area contributed by atoms with Crippen LogP contribution in [0.2, 0.25) is 0 Å². The smallest absolute Gasteiger partial charge is 0.255 e. The van der Waals surface area contributed by atoms with E-state index < -0.39 is 5.41 Å². The van der Waals surface area contributed by atoms with E-state index in [4.69, 9.17) is 11.5 Å². The van der Waals surface area contributed by atoms with E-state index in [1.165, 1.54) is 22.3 Å². The van der Waals surface area contributed by atoms with Crippen LogP contribution in [0.3, 0.4) is 0 Å². The minimum atomic E-state index is -0.625. The molecule has 0 fully saturated rings. The van der Waals surface area contributed by atoms with Crippen LogP contribution < -0.4 is 22.1 Å². The van der Waals surface area contributed by atoms with Crippen LogP contribution in [0.4, 0.5) is 22.7 Å². The van der Waals surface area contributed by atoms with Crippen LogP contribution in [0, 0.1) is 0 Å². The Morgan fingerprint density at radius 2 is 0.867 bits per heavy atom. The first-order valence-corrected chi connectivity index (χ1v) is 14.7. The van der Waals surface area contributed by atoms with E-state index >= 15 is 0 Å². The predicted octanol–water partition coefficient (Wildman–Crippen LogP) is 7.72. The fourth-order valence-electron chi connectivity index (χ4n) is 6.40. The summed E-state index contributed by atoms with van der Waals surface area (Å²) in [7, 11) is 0. The zero-order valence-electron chi connectivity index (χ0n) is 24.3. The lowest BCUT2D eigenvalue weighted by Gasteiger charge is -2.34. The van der Waals surface area contributed by atoms with Crippen LogP contribution in [0.1, 0.15) is 43.0 Å². The average molecular weight is 587 g/mol. The second kappa shape index (κ2) is 11.2. The maximum Gasteiger partial charge on any atom is 0.255 e. The van der Waals surface area contributed by atoms with Crippen molar-refractivity contribution in [2.75, 3.05) is 22.1 Å². The van der Waals surface area contributed by atoms with Crippen molar-refractivity contribution in [3.63, 3.8) is 0 Å². The molecule has 2 amide bonds. The van der Waals surface area contributed by atoms with Crippen molar-refractivity contribution in [2.24, 2.45) is 0 Å².